The summed E-state index contributed by atoms with van der Waals surface area (Å²) >= 11 is 11.7. The quantitative estimate of drug-likeness (QED) is 0.513. The molecule has 3 atom stereocenters. The summed E-state index contributed by atoms with van der Waals surface area (Å²) < 4.78 is 28.1. The molecule has 0 spiro atoms. The second-order valence-electron chi connectivity index (χ2n) is 8.13. The number of nitrogens with one attached hydrogen (secondary N) is 1. The minimum Gasteiger partial charge on any atom is -0.341 e. The molecule has 3 amide bonds. The second-order valence-corrected chi connectivity index (χ2v) is 8.89. The first-order valence-electron chi connectivity index (χ1n) is 10.1. The Kier molecular flexibility index (Phi) is 4.99. The Hall–Kier alpha value is -3.29. The molecule has 0 aromatic heterocycles. The number of anilines is 2. The number of fused-ring (bicyclic) bond motifs is 5. The highest BCUT2D eigenvalue weighted by atomic mass is 35.5. The summed E-state index contributed by atoms with van der Waals surface area (Å²) in [7, 11) is 0. The number of piperazine rings is 1. The minimum absolute atomic E-state index is 0.0856. The van der Waals surface area contributed by atoms with Gasteiger partial charge in [-0.25, -0.2) is 18.5 Å². The molecule has 3 fully saturated rings. The van der Waals surface area contributed by atoms with Gasteiger partial charge < -0.3 is 15.1 Å². The zero-order valence-corrected chi connectivity index (χ0v) is 18.8. The van der Waals surface area contributed by atoms with Crippen molar-refractivity contribution in [3.8, 4) is 6.07 Å². The topological polar surface area (TPSA) is 79.7 Å². The molecule has 2 aromatic rings. The van der Waals surface area contributed by atoms with Crippen molar-refractivity contribution >= 4 is 52.2 Å². The lowest BCUT2D eigenvalue weighted by Gasteiger charge is -2.36. The SMILES string of the molecule is Cc1c(N2C(=O)[C@H]3C4CC(CN4C(=S)Nc4c(F)cccc4F)N3C2=O)ccc(C#N)c1Cl. The van der Waals surface area contributed by atoms with Crippen LogP contribution >= 0.6 is 23.8 Å². The number of amides is 3. The number of rotatable bonds is 2. The number of nitrogens with zero attached hydrogens (tertiary/aromatic N) is 4. The van der Waals surface area contributed by atoms with Gasteiger partial charge in [0.2, 0.25) is 0 Å². The summed E-state index contributed by atoms with van der Waals surface area (Å²) in [6.45, 7) is 1.98. The van der Waals surface area contributed by atoms with Crippen molar-refractivity contribution in [1.82, 2.24) is 9.80 Å². The van der Waals surface area contributed by atoms with E-state index in [-0.39, 0.29) is 27.4 Å². The maximum absolute atomic E-state index is 14.1. The molecule has 5 rings (SSSR count). The van der Waals surface area contributed by atoms with Crippen LogP contribution in [0.1, 0.15) is 17.5 Å². The Labute approximate surface area is 198 Å². The lowest BCUT2D eigenvalue weighted by Crippen LogP contribution is -2.55. The van der Waals surface area contributed by atoms with Crippen LogP contribution in [0.3, 0.4) is 0 Å². The summed E-state index contributed by atoms with van der Waals surface area (Å²) in [5.74, 6) is -1.99. The first kappa shape index (κ1) is 21.6. The summed E-state index contributed by atoms with van der Waals surface area (Å²) in [6, 6.07) is 6.52. The monoisotopic (exact) mass is 487 g/mol. The Bertz CT molecular complexity index is 1260. The molecule has 0 aliphatic carbocycles. The number of thiocarbonyl (C=S) groups is 1. The van der Waals surface area contributed by atoms with Gasteiger partial charge in [0.1, 0.15) is 29.4 Å². The molecule has 2 bridgehead atoms. The zero-order valence-electron chi connectivity index (χ0n) is 17.2. The van der Waals surface area contributed by atoms with Crippen molar-refractivity contribution < 1.29 is 18.4 Å². The lowest BCUT2D eigenvalue weighted by molar-refractivity contribution is -0.120. The minimum atomic E-state index is -0.783. The van der Waals surface area contributed by atoms with Crippen molar-refractivity contribution in [3.63, 3.8) is 0 Å². The molecular formula is C22H16ClF2N5O2S. The average molecular weight is 488 g/mol. The maximum atomic E-state index is 14.1. The largest absolute Gasteiger partial charge is 0.341 e. The van der Waals surface area contributed by atoms with Crippen LogP contribution in [-0.4, -0.2) is 51.5 Å². The molecule has 7 nitrogen and oxygen atoms in total. The van der Waals surface area contributed by atoms with Gasteiger partial charge in [-0.1, -0.05) is 17.7 Å². The molecule has 0 saturated carbocycles. The Morgan fingerprint density at radius 2 is 1.94 bits per heavy atom. The molecule has 3 aliphatic rings. The van der Waals surface area contributed by atoms with Gasteiger partial charge in [0.15, 0.2) is 5.11 Å². The van der Waals surface area contributed by atoms with Gasteiger partial charge in [-0.2, -0.15) is 5.26 Å². The number of para-hydroxylation sites is 1. The highest BCUT2D eigenvalue weighted by molar-refractivity contribution is 7.80. The van der Waals surface area contributed by atoms with E-state index >= 15 is 0 Å². The van der Waals surface area contributed by atoms with E-state index in [0.717, 1.165) is 17.0 Å². The number of benzene rings is 2. The number of imide groups is 1. The van der Waals surface area contributed by atoms with Gasteiger partial charge in [0, 0.05) is 6.54 Å². The molecule has 3 aliphatic heterocycles. The fourth-order valence-electron chi connectivity index (χ4n) is 4.91. The predicted octanol–water partition coefficient (Wildman–Crippen LogP) is 3.79. The van der Waals surface area contributed by atoms with E-state index in [9.17, 15) is 23.6 Å². The third-order valence-electron chi connectivity index (χ3n) is 6.44. The van der Waals surface area contributed by atoms with E-state index in [1.165, 1.54) is 18.2 Å². The second kappa shape index (κ2) is 7.64. The molecule has 2 unspecified atom stereocenters. The highest BCUT2D eigenvalue weighted by Crippen LogP contribution is 2.44. The number of carbonyl (C=O) groups excluding carboxylic acids is 2. The normalized spacial score (nSPS) is 23.2. The Morgan fingerprint density at radius 1 is 1.24 bits per heavy atom. The molecule has 168 valence electrons. The van der Waals surface area contributed by atoms with Crippen LogP contribution in [0.15, 0.2) is 30.3 Å². The van der Waals surface area contributed by atoms with Gasteiger partial charge in [-0.3, -0.25) is 4.79 Å². The molecule has 33 heavy (non-hydrogen) atoms. The van der Waals surface area contributed by atoms with Crippen LogP contribution < -0.4 is 10.2 Å². The van der Waals surface area contributed by atoms with Crippen molar-refractivity contribution in [1.29, 1.82) is 5.26 Å². The van der Waals surface area contributed by atoms with Crippen LogP contribution in [0.4, 0.5) is 25.0 Å². The van der Waals surface area contributed by atoms with Crippen molar-refractivity contribution in [3.05, 3.63) is 58.1 Å². The zero-order chi connectivity index (χ0) is 23.6. The number of urea groups is 1. The predicted molar refractivity (Wildman–Crippen MR) is 121 cm³/mol. The van der Waals surface area contributed by atoms with E-state index in [1.807, 2.05) is 6.07 Å². The average Bonchev–Trinajstić information content (AvgIpc) is 3.45. The Morgan fingerprint density at radius 3 is 2.61 bits per heavy atom. The molecule has 2 aromatic carbocycles. The standard InChI is InChI=1S/C22H16ClF2N5O2S/c1-10-15(6-5-11(8-26)17(10)23)30-20(31)19-16-7-12(29(19)22(30)32)9-28(16)21(33)27-18-13(24)3-2-4-14(18)25/h2-6,12,16,19H,7,9H2,1H3,(H,27,33)/t12?,16?,19-/m1/s1. The van der Waals surface area contributed by atoms with Crippen molar-refractivity contribution in [2.75, 3.05) is 16.8 Å². The number of halogens is 3. The highest BCUT2D eigenvalue weighted by Gasteiger charge is 2.62. The van der Waals surface area contributed by atoms with Crippen LogP contribution in [0.5, 0.6) is 0 Å². The van der Waals surface area contributed by atoms with E-state index in [2.05, 4.69) is 5.32 Å². The molecule has 0 radical (unpaired) electrons. The van der Waals surface area contributed by atoms with E-state index in [0.29, 0.717) is 24.2 Å². The molecule has 3 heterocycles. The summed E-state index contributed by atoms with van der Waals surface area (Å²) in [5, 5.41) is 12.1. The van der Waals surface area contributed by atoms with E-state index < -0.39 is 35.7 Å². The van der Waals surface area contributed by atoms with Gasteiger partial charge in [-0.15, -0.1) is 0 Å². The van der Waals surface area contributed by atoms with Crippen molar-refractivity contribution in [2.24, 2.45) is 0 Å². The molecule has 11 heteroatoms. The van der Waals surface area contributed by atoms with Crippen LogP contribution in [-0.2, 0) is 4.79 Å². The van der Waals surface area contributed by atoms with Gasteiger partial charge in [0.05, 0.1) is 28.4 Å². The molecule has 3 saturated heterocycles. The van der Waals surface area contributed by atoms with Crippen molar-refractivity contribution in [2.45, 2.75) is 31.5 Å². The van der Waals surface area contributed by atoms with Gasteiger partial charge in [0.25, 0.3) is 5.91 Å². The lowest BCUT2D eigenvalue weighted by atomic mass is 10.1. The van der Waals surface area contributed by atoms with Gasteiger partial charge in [-0.05, 0) is 55.4 Å². The number of hydrogen-bond acceptors (Lipinski definition) is 4. The third-order valence-corrected chi connectivity index (χ3v) is 7.26. The van der Waals surface area contributed by atoms with Crippen LogP contribution in [0.25, 0.3) is 0 Å². The summed E-state index contributed by atoms with van der Waals surface area (Å²) in [5.41, 5.74) is 0.666. The number of carbonyl (C=O) groups is 2. The smallest absolute Gasteiger partial charge is 0.332 e. The fourth-order valence-corrected chi connectivity index (χ4v) is 5.43. The first-order valence-corrected chi connectivity index (χ1v) is 10.9. The van der Waals surface area contributed by atoms with E-state index in [4.69, 9.17) is 23.8 Å². The third kappa shape index (κ3) is 3.07. The summed E-state index contributed by atoms with van der Waals surface area (Å²) in [6.07, 6.45) is 0.519. The number of nitriles is 1. The summed E-state index contributed by atoms with van der Waals surface area (Å²) in [4.78, 5) is 30.9. The van der Waals surface area contributed by atoms with Crippen LogP contribution in [0.2, 0.25) is 5.02 Å². The molecular weight excluding hydrogens is 472 g/mol. The van der Waals surface area contributed by atoms with E-state index in [1.54, 1.807) is 16.7 Å². The maximum Gasteiger partial charge on any atom is 0.332 e. The first-order chi connectivity index (χ1) is 15.7. The molecule has 1 N–H and O–H groups in total. The Balaban J connectivity index is 1.42. The van der Waals surface area contributed by atoms with Crippen LogP contribution in [0, 0.1) is 29.9 Å². The van der Waals surface area contributed by atoms with Gasteiger partial charge >= 0.3 is 6.03 Å². The number of likely N-dealkylation sites (tertiary alicyclic amines) is 1. The fraction of sp³-hybridized carbons (Fsp3) is 0.273. The number of hydrogen-bond donors (Lipinski definition) is 1.